The van der Waals surface area contributed by atoms with E-state index >= 15 is 0 Å². The van der Waals surface area contributed by atoms with Crippen molar-refractivity contribution in [1.82, 2.24) is 5.43 Å². The maximum atomic E-state index is 12.1. The fourth-order valence-electron chi connectivity index (χ4n) is 2.03. The number of nitrogens with zero attached hydrogens (tertiary/aromatic N) is 1. The van der Waals surface area contributed by atoms with Crippen molar-refractivity contribution in [2.75, 3.05) is 0 Å². The summed E-state index contributed by atoms with van der Waals surface area (Å²) in [6.07, 6.45) is 1.47. The summed E-state index contributed by atoms with van der Waals surface area (Å²) in [5, 5.41) is 3.86. The van der Waals surface area contributed by atoms with E-state index in [1.54, 1.807) is 54.6 Å². The van der Waals surface area contributed by atoms with Crippen LogP contribution >= 0.6 is 31.9 Å². The van der Waals surface area contributed by atoms with Crippen LogP contribution in [0.4, 0.5) is 0 Å². The Morgan fingerprint density at radius 2 is 1.67 bits per heavy atom. The van der Waals surface area contributed by atoms with Gasteiger partial charge < -0.3 is 9.15 Å². The largest absolute Gasteiger partial charge is 0.444 e. The number of esters is 1. The SMILES string of the molecule is O=C(Oc1ccc(/C=N\NC(=O)c2ccc(Br)o2)cc1)c1ccc(Br)cc1. The zero-order chi connectivity index (χ0) is 19.2. The summed E-state index contributed by atoms with van der Waals surface area (Å²) >= 11 is 6.44. The minimum Gasteiger partial charge on any atom is -0.444 e. The first kappa shape index (κ1) is 19.1. The lowest BCUT2D eigenvalue weighted by atomic mass is 10.2. The molecule has 0 bridgehead atoms. The summed E-state index contributed by atoms with van der Waals surface area (Å²) in [6, 6.07) is 16.7. The van der Waals surface area contributed by atoms with Gasteiger partial charge in [0.2, 0.25) is 0 Å². The topological polar surface area (TPSA) is 80.9 Å². The molecule has 0 aliphatic carbocycles. The van der Waals surface area contributed by atoms with E-state index in [2.05, 4.69) is 42.4 Å². The number of carbonyl (C=O) groups is 2. The van der Waals surface area contributed by atoms with Gasteiger partial charge in [0.15, 0.2) is 10.4 Å². The van der Waals surface area contributed by atoms with Crippen molar-refractivity contribution in [3.8, 4) is 5.75 Å². The van der Waals surface area contributed by atoms with E-state index in [0.29, 0.717) is 16.0 Å². The Kier molecular flexibility index (Phi) is 6.20. The third-order valence-electron chi connectivity index (χ3n) is 3.35. The summed E-state index contributed by atoms with van der Waals surface area (Å²) in [5.74, 6) is -0.350. The lowest BCUT2D eigenvalue weighted by molar-refractivity contribution is 0.0734. The van der Waals surface area contributed by atoms with Crippen LogP contribution in [0, 0.1) is 0 Å². The van der Waals surface area contributed by atoms with Gasteiger partial charge in [-0.2, -0.15) is 5.10 Å². The van der Waals surface area contributed by atoms with Crippen molar-refractivity contribution in [3.05, 3.63) is 86.7 Å². The van der Waals surface area contributed by atoms with Gasteiger partial charge in [0.1, 0.15) is 5.75 Å². The van der Waals surface area contributed by atoms with Crippen molar-refractivity contribution in [2.24, 2.45) is 5.10 Å². The molecule has 136 valence electrons. The van der Waals surface area contributed by atoms with Crippen LogP contribution in [-0.4, -0.2) is 18.1 Å². The number of ether oxygens (including phenoxy) is 1. The molecule has 27 heavy (non-hydrogen) atoms. The Bertz CT molecular complexity index is 980. The number of carbonyl (C=O) groups excluding carboxylic acids is 2. The number of rotatable bonds is 5. The maximum absolute atomic E-state index is 12.1. The first-order valence-corrected chi connectivity index (χ1v) is 9.26. The fourth-order valence-corrected chi connectivity index (χ4v) is 2.60. The predicted octanol–water partition coefficient (Wildman–Crippen LogP) is 4.79. The van der Waals surface area contributed by atoms with Crippen molar-refractivity contribution < 1.29 is 18.7 Å². The molecule has 0 aliphatic rings. The molecule has 0 spiro atoms. The quantitative estimate of drug-likeness (QED) is 0.241. The highest BCUT2D eigenvalue weighted by atomic mass is 79.9. The summed E-state index contributed by atoms with van der Waals surface area (Å²) < 4.78 is 11.8. The number of hydrogen-bond donors (Lipinski definition) is 1. The van der Waals surface area contributed by atoms with Crippen LogP contribution < -0.4 is 10.2 Å². The standard InChI is InChI=1S/C19H12Br2N2O4/c20-14-5-3-13(4-6-14)19(25)26-15-7-1-12(2-8-15)11-22-23-18(24)16-9-10-17(21)27-16/h1-11H,(H,23,24)/b22-11-. The normalized spacial score (nSPS) is 10.7. The summed E-state index contributed by atoms with van der Waals surface area (Å²) in [7, 11) is 0. The molecule has 0 atom stereocenters. The monoisotopic (exact) mass is 490 g/mol. The van der Waals surface area contributed by atoms with Gasteiger partial charge in [-0.25, -0.2) is 10.2 Å². The average Bonchev–Trinajstić information content (AvgIpc) is 3.10. The molecular weight excluding hydrogens is 480 g/mol. The van der Waals surface area contributed by atoms with Crippen molar-refractivity contribution in [3.63, 3.8) is 0 Å². The number of halogens is 2. The third-order valence-corrected chi connectivity index (χ3v) is 4.30. The first-order chi connectivity index (χ1) is 13.0. The highest BCUT2D eigenvalue weighted by Crippen LogP contribution is 2.16. The fraction of sp³-hybridized carbons (Fsp3) is 0. The van der Waals surface area contributed by atoms with Gasteiger partial charge in [0.25, 0.3) is 0 Å². The molecule has 0 unspecified atom stereocenters. The highest BCUT2D eigenvalue weighted by Gasteiger charge is 2.09. The molecule has 3 rings (SSSR count). The van der Waals surface area contributed by atoms with Crippen LogP contribution in [0.5, 0.6) is 5.75 Å². The molecule has 1 N–H and O–H groups in total. The van der Waals surface area contributed by atoms with Crippen LogP contribution in [0.25, 0.3) is 0 Å². The van der Waals surface area contributed by atoms with Crippen molar-refractivity contribution in [2.45, 2.75) is 0 Å². The number of amides is 1. The molecule has 0 saturated heterocycles. The van der Waals surface area contributed by atoms with Gasteiger partial charge >= 0.3 is 11.9 Å². The Morgan fingerprint density at radius 1 is 0.963 bits per heavy atom. The summed E-state index contributed by atoms with van der Waals surface area (Å²) in [4.78, 5) is 23.8. The number of benzene rings is 2. The Hall–Kier alpha value is -2.71. The van der Waals surface area contributed by atoms with E-state index in [1.165, 1.54) is 12.3 Å². The zero-order valence-electron chi connectivity index (χ0n) is 13.7. The Labute approximate surface area is 171 Å². The minimum absolute atomic E-state index is 0.147. The predicted molar refractivity (Wildman–Crippen MR) is 107 cm³/mol. The molecule has 1 heterocycles. The summed E-state index contributed by atoms with van der Waals surface area (Å²) in [5.41, 5.74) is 3.54. The van der Waals surface area contributed by atoms with Gasteiger partial charge in [-0.15, -0.1) is 0 Å². The van der Waals surface area contributed by atoms with Crippen LogP contribution in [0.15, 0.2) is 79.3 Å². The highest BCUT2D eigenvalue weighted by molar-refractivity contribution is 9.10. The second-order valence-electron chi connectivity index (χ2n) is 5.27. The minimum atomic E-state index is -0.461. The number of furan rings is 1. The van der Waals surface area contributed by atoms with Crippen molar-refractivity contribution in [1.29, 1.82) is 0 Å². The number of hydrazone groups is 1. The van der Waals surface area contributed by atoms with Crippen LogP contribution in [0.3, 0.4) is 0 Å². The van der Waals surface area contributed by atoms with Crippen LogP contribution in [0.2, 0.25) is 0 Å². The van der Waals surface area contributed by atoms with E-state index in [9.17, 15) is 9.59 Å². The molecule has 0 fully saturated rings. The maximum Gasteiger partial charge on any atom is 0.343 e. The molecule has 8 heteroatoms. The van der Waals surface area contributed by atoms with E-state index in [0.717, 1.165) is 10.0 Å². The zero-order valence-corrected chi connectivity index (χ0v) is 16.9. The van der Waals surface area contributed by atoms with E-state index in [-0.39, 0.29) is 5.76 Å². The smallest absolute Gasteiger partial charge is 0.343 e. The number of nitrogens with one attached hydrogen (secondary N) is 1. The van der Waals surface area contributed by atoms with E-state index in [1.807, 2.05) is 0 Å². The van der Waals surface area contributed by atoms with Crippen LogP contribution in [0.1, 0.15) is 26.5 Å². The third kappa shape index (κ3) is 5.38. The van der Waals surface area contributed by atoms with Crippen LogP contribution in [-0.2, 0) is 0 Å². The van der Waals surface area contributed by atoms with E-state index < -0.39 is 11.9 Å². The second kappa shape index (κ2) is 8.79. The lowest BCUT2D eigenvalue weighted by Crippen LogP contribution is -2.16. The van der Waals surface area contributed by atoms with Crippen molar-refractivity contribution >= 4 is 50.0 Å². The lowest BCUT2D eigenvalue weighted by Gasteiger charge is -2.04. The van der Waals surface area contributed by atoms with Gasteiger partial charge in [-0.1, -0.05) is 15.9 Å². The van der Waals surface area contributed by atoms with Gasteiger partial charge in [0.05, 0.1) is 11.8 Å². The van der Waals surface area contributed by atoms with Gasteiger partial charge in [-0.05, 0) is 82.2 Å². The van der Waals surface area contributed by atoms with Gasteiger partial charge in [-0.3, -0.25) is 4.79 Å². The average molecular weight is 492 g/mol. The molecule has 1 aromatic heterocycles. The molecule has 6 nitrogen and oxygen atoms in total. The number of hydrogen-bond acceptors (Lipinski definition) is 5. The molecular formula is C19H12Br2N2O4. The second-order valence-corrected chi connectivity index (χ2v) is 6.97. The molecule has 2 aromatic carbocycles. The molecule has 1 amide bonds. The molecule has 3 aromatic rings. The summed E-state index contributed by atoms with van der Waals surface area (Å²) in [6.45, 7) is 0. The molecule has 0 aliphatic heterocycles. The van der Waals surface area contributed by atoms with E-state index in [4.69, 9.17) is 9.15 Å². The molecule has 0 saturated carbocycles. The Balaban J connectivity index is 1.56. The van der Waals surface area contributed by atoms with Gasteiger partial charge in [0, 0.05) is 4.47 Å². The Morgan fingerprint density at radius 3 is 2.30 bits per heavy atom. The first-order valence-electron chi connectivity index (χ1n) is 7.68. The molecule has 0 radical (unpaired) electrons.